The summed E-state index contributed by atoms with van der Waals surface area (Å²) in [7, 11) is 1.69. The highest BCUT2D eigenvalue weighted by molar-refractivity contribution is 5.25. The first-order chi connectivity index (χ1) is 9.33. The zero-order valence-electron chi connectivity index (χ0n) is 11.9. The summed E-state index contributed by atoms with van der Waals surface area (Å²) in [5.41, 5.74) is 0. The Hall–Kier alpha value is -1.14. The zero-order valence-corrected chi connectivity index (χ0v) is 11.9. The molecular weight excluding hydrogens is 244 g/mol. The number of ether oxygens (including phenoxy) is 1. The van der Waals surface area contributed by atoms with Crippen molar-refractivity contribution in [1.82, 2.24) is 15.5 Å². The highest BCUT2D eigenvalue weighted by atomic mass is 16.5. The van der Waals surface area contributed by atoms with Crippen molar-refractivity contribution >= 4 is 6.01 Å². The van der Waals surface area contributed by atoms with Crippen LogP contribution in [0.4, 0.5) is 6.01 Å². The van der Waals surface area contributed by atoms with Crippen molar-refractivity contribution in [3.05, 3.63) is 5.89 Å². The Labute approximate surface area is 114 Å². The molecule has 0 amide bonds. The van der Waals surface area contributed by atoms with Gasteiger partial charge in [-0.25, -0.2) is 0 Å². The predicted molar refractivity (Wildman–Crippen MR) is 73.1 cm³/mol. The largest absolute Gasteiger partial charge is 0.407 e. The molecule has 0 aliphatic carbocycles. The normalized spacial score (nSPS) is 19.9. The molecule has 1 fully saturated rings. The van der Waals surface area contributed by atoms with Crippen molar-refractivity contribution in [2.75, 3.05) is 38.3 Å². The van der Waals surface area contributed by atoms with Crippen molar-refractivity contribution in [3.8, 4) is 0 Å². The van der Waals surface area contributed by atoms with Crippen LogP contribution < -0.4 is 10.2 Å². The Bertz CT molecular complexity index is 369. The first-order valence-electron chi connectivity index (χ1n) is 7.10. The van der Waals surface area contributed by atoms with Gasteiger partial charge < -0.3 is 19.4 Å². The quantitative estimate of drug-likeness (QED) is 0.755. The number of piperidine rings is 1. The molecule has 2 heterocycles. The lowest BCUT2D eigenvalue weighted by Gasteiger charge is -2.30. The molecule has 2 rings (SSSR count). The molecule has 0 saturated carbocycles. The number of anilines is 1. The van der Waals surface area contributed by atoms with Crippen LogP contribution in [0.15, 0.2) is 4.42 Å². The lowest BCUT2D eigenvalue weighted by molar-refractivity contribution is 0.198. The van der Waals surface area contributed by atoms with Crippen molar-refractivity contribution in [2.24, 2.45) is 5.92 Å². The maximum Gasteiger partial charge on any atom is 0.318 e. The average Bonchev–Trinajstić information content (AvgIpc) is 2.92. The van der Waals surface area contributed by atoms with Gasteiger partial charge in [0.2, 0.25) is 5.89 Å². The van der Waals surface area contributed by atoms with Gasteiger partial charge in [-0.2, -0.15) is 0 Å². The Balaban J connectivity index is 1.82. The number of methoxy groups -OCH3 is 1. The Morgan fingerprint density at radius 3 is 3.16 bits per heavy atom. The SMILES string of the molecule is CCC1CCCN(c2nnc(CNCCOC)o2)C1. The summed E-state index contributed by atoms with van der Waals surface area (Å²) in [5, 5.41) is 11.4. The summed E-state index contributed by atoms with van der Waals surface area (Å²) in [6.07, 6.45) is 3.74. The van der Waals surface area contributed by atoms with E-state index in [4.69, 9.17) is 9.15 Å². The Morgan fingerprint density at radius 2 is 2.37 bits per heavy atom. The standard InChI is InChI=1S/C13H24N4O2/c1-3-11-5-4-7-17(10-11)13-16-15-12(19-13)9-14-6-8-18-2/h11,14H,3-10H2,1-2H3. The molecule has 0 spiro atoms. The molecule has 1 N–H and O–H groups in total. The van der Waals surface area contributed by atoms with Crippen molar-refractivity contribution in [3.63, 3.8) is 0 Å². The molecule has 6 nitrogen and oxygen atoms in total. The fourth-order valence-electron chi connectivity index (χ4n) is 2.39. The summed E-state index contributed by atoms with van der Waals surface area (Å²) >= 11 is 0. The molecule has 1 unspecified atom stereocenters. The van der Waals surface area contributed by atoms with Crippen LogP contribution in [0, 0.1) is 5.92 Å². The third-order valence-corrected chi connectivity index (χ3v) is 3.58. The number of nitrogens with one attached hydrogen (secondary N) is 1. The fraction of sp³-hybridized carbons (Fsp3) is 0.846. The van der Waals surface area contributed by atoms with Gasteiger partial charge in [0.25, 0.3) is 0 Å². The first kappa shape index (κ1) is 14.3. The van der Waals surface area contributed by atoms with Crippen LogP contribution in [0.25, 0.3) is 0 Å². The third kappa shape index (κ3) is 4.18. The molecule has 1 atom stereocenters. The van der Waals surface area contributed by atoms with Crippen LogP contribution in [-0.4, -0.2) is 43.5 Å². The molecule has 6 heteroatoms. The number of rotatable bonds is 7. The molecule has 0 bridgehead atoms. The van der Waals surface area contributed by atoms with Gasteiger partial charge in [0, 0.05) is 26.7 Å². The van der Waals surface area contributed by atoms with Crippen LogP contribution in [0.3, 0.4) is 0 Å². The first-order valence-corrected chi connectivity index (χ1v) is 7.10. The maximum absolute atomic E-state index is 5.70. The summed E-state index contributed by atoms with van der Waals surface area (Å²) in [4.78, 5) is 2.21. The molecule has 0 radical (unpaired) electrons. The number of hydrogen-bond acceptors (Lipinski definition) is 6. The van der Waals surface area contributed by atoms with Gasteiger partial charge in [0.15, 0.2) is 0 Å². The average molecular weight is 268 g/mol. The predicted octanol–water partition coefficient (Wildman–Crippen LogP) is 1.43. The molecular formula is C13H24N4O2. The molecule has 108 valence electrons. The van der Waals surface area contributed by atoms with Gasteiger partial charge in [-0.05, 0) is 18.8 Å². The highest BCUT2D eigenvalue weighted by Gasteiger charge is 2.22. The second-order valence-electron chi connectivity index (χ2n) is 5.01. The van der Waals surface area contributed by atoms with E-state index >= 15 is 0 Å². The summed E-state index contributed by atoms with van der Waals surface area (Å²) in [5.74, 6) is 1.40. The summed E-state index contributed by atoms with van der Waals surface area (Å²) in [6, 6.07) is 0.668. The second-order valence-corrected chi connectivity index (χ2v) is 5.01. The Kier molecular flexibility index (Phi) is 5.60. The van der Waals surface area contributed by atoms with E-state index < -0.39 is 0 Å². The molecule has 1 aromatic rings. The molecule has 1 saturated heterocycles. The van der Waals surface area contributed by atoms with Gasteiger partial charge in [0.05, 0.1) is 13.2 Å². The van der Waals surface area contributed by atoms with Gasteiger partial charge >= 0.3 is 6.01 Å². The summed E-state index contributed by atoms with van der Waals surface area (Å²) in [6.45, 7) is 6.38. The minimum Gasteiger partial charge on any atom is -0.407 e. The maximum atomic E-state index is 5.70. The van der Waals surface area contributed by atoms with E-state index in [-0.39, 0.29) is 0 Å². The minimum absolute atomic E-state index is 0.599. The van der Waals surface area contributed by atoms with E-state index in [1.807, 2.05) is 0 Å². The summed E-state index contributed by atoms with van der Waals surface area (Å²) < 4.78 is 10.7. The van der Waals surface area contributed by atoms with E-state index in [1.165, 1.54) is 19.3 Å². The van der Waals surface area contributed by atoms with Gasteiger partial charge in [-0.3, -0.25) is 0 Å². The van der Waals surface area contributed by atoms with Gasteiger partial charge in [-0.15, -0.1) is 5.10 Å². The van der Waals surface area contributed by atoms with Gasteiger partial charge in [0.1, 0.15) is 0 Å². The second kappa shape index (κ2) is 7.45. The molecule has 1 aliphatic heterocycles. The monoisotopic (exact) mass is 268 g/mol. The smallest absolute Gasteiger partial charge is 0.318 e. The van der Waals surface area contributed by atoms with Crippen LogP contribution in [0.1, 0.15) is 32.1 Å². The minimum atomic E-state index is 0.599. The third-order valence-electron chi connectivity index (χ3n) is 3.58. The topological polar surface area (TPSA) is 63.4 Å². The van der Waals surface area contributed by atoms with Crippen LogP contribution in [-0.2, 0) is 11.3 Å². The lowest BCUT2D eigenvalue weighted by atomic mass is 9.96. The zero-order chi connectivity index (χ0) is 13.5. The molecule has 1 aromatic heterocycles. The lowest BCUT2D eigenvalue weighted by Crippen LogP contribution is -2.35. The Morgan fingerprint density at radius 1 is 1.47 bits per heavy atom. The van der Waals surface area contributed by atoms with Crippen LogP contribution in [0.5, 0.6) is 0 Å². The van der Waals surface area contributed by atoms with E-state index in [0.717, 1.165) is 25.6 Å². The van der Waals surface area contributed by atoms with Crippen molar-refractivity contribution in [1.29, 1.82) is 0 Å². The number of nitrogens with zero attached hydrogens (tertiary/aromatic N) is 3. The fourth-order valence-corrected chi connectivity index (χ4v) is 2.39. The van der Waals surface area contributed by atoms with Crippen LogP contribution in [0.2, 0.25) is 0 Å². The number of hydrogen-bond donors (Lipinski definition) is 1. The van der Waals surface area contributed by atoms with E-state index in [2.05, 4.69) is 27.3 Å². The molecule has 1 aliphatic rings. The van der Waals surface area contributed by atoms with Crippen molar-refractivity contribution in [2.45, 2.75) is 32.7 Å². The van der Waals surface area contributed by atoms with E-state index in [1.54, 1.807) is 7.11 Å². The van der Waals surface area contributed by atoms with E-state index in [0.29, 0.717) is 25.1 Å². The van der Waals surface area contributed by atoms with Crippen LogP contribution >= 0.6 is 0 Å². The molecule has 0 aromatic carbocycles. The highest BCUT2D eigenvalue weighted by Crippen LogP contribution is 2.23. The molecule has 19 heavy (non-hydrogen) atoms. The van der Waals surface area contributed by atoms with Crippen molar-refractivity contribution < 1.29 is 9.15 Å². The van der Waals surface area contributed by atoms with E-state index in [9.17, 15) is 0 Å². The van der Waals surface area contributed by atoms with Gasteiger partial charge in [-0.1, -0.05) is 18.4 Å². The number of aromatic nitrogens is 2.